The third-order valence-corrected chi connectivity index (χ3v) is 3.43. The van der Waals surface area contributed by atoms with Gasteiger partial charge in [0.15, 0.2) is 0 Å². The van der Waals surface area contributed by atoms with Crippen molar-refractivity contribution < 1.29 is 0 Å². The molecule has 0 bridgehead atoms. The van der Waals surface area contributed by atoms with Crippen molar-refractivity contribution in [3.05, 3.63) is 34.4 Å². The fourth-order valence-corrected chi connectivity index (χ4v) is 2.47. The SMILES string of the molecule is CCCCC(Cc1c(C)cc(C)cc1C)NN. The molecule has 0 saturated heterocycles. The minimum atomic E-state index is 0.398. The zero-order valence-electron chi connectivity index (χ0n) is 11.6. The Balaban J connectivity index is 2.78. The molecule has 1 aromatic carbocycles. The monoisotopic (exact) mass is 234 g/mol. The lowest BCUT2D eigenvalue weighted by molar-refractivity contribution is 0.472. The van der Waals surface area contributed by atoms with Crippen LogP contribution in [0.3, 0.4) is 0 Å². The van der Waals surface area contributed by atoms with Gasteiger partial charge in [-0.3, -0.25) is 11.3 Å². The number of hydrogen-bond donors (Lipinski definition) is 2. The molecule has 0 saturated carbocycles. The second kappa shape index (κ2) is 6.77. The summed E-state index contributed by atoms with van der Waals surface area (Å²) in [5, 5.41) is 0. The summed E-state index contributed by atoms with van der Waals surface area (Å²) in [7, 11) is 0. The van der Waals surface area contributed by atoms with E-state index in [1.54, 1.807) is 0 Å². The predicted molar refractivity (Wildman–Crippen MR) is 75.0 cm³/mol. The van der Waals surface area contributed by atoms with Crippen molar-refractivity contribution in [1.29, 1.82) is 0 Å². The molecule has 2 nitrogen and oxygen atoms in total. The van der Waals surface area contributed by atoms with Crippen molar-refractivity contribution in [3.8, 4) is 0 Å². The molecule has 0 amide bonds. The number of hydrazine groups is 1. The van der Waals surface area contributed by atoms with Crippen molar-refractivity contribution in [2.75, 3.05) is 0 Å². The highest BCUT2D eigenvalue weighted by Gasteiger charge is 2.11. The summed E-state index contributed by atoms with van der Waals surface area (Å²) in [6, 6.07) is 4.92. The first-order chi connectivity index (χ1) is 8.08. The van der Waals surface area contributed by atoms with E-state index in [-0.39, 0.29) is 0 Å². The summed E-state index contributed by atoms with van der Waals surface area (Å²) < 4.78 is 0. The number of unbranched alkanes of at least 4 members (excludes halogenated alkanes) is 1. The summed E-state index contributed by atoms with van der Waals surface area (Å²) in [6.45, 7) is 8.76. The number of rotatable bonds is 6. The van der Waals surface area contributed by atoms with Crippen molar-refractivity contribution in [3.63, 3.8) is 0 Å². The van der Waals surface area contributed by atoms with E-state index < -0.39 is 0 Å². The number of nitrogens with one attached hydrogen (secondary N) is 1. The molecule has 0 fully saturated rings. The van der Waals surface area contributed by atoms with E-state index in [9.17, 15) is 0 Å². The van der Waals surface area contributed by atoms with E-state index in [0.29, 0.717) is 6.04 Å². The van der Waals surface area contributed by atoms with Crippen LogP contribution in [0.4, 0.5) is 0 Å². The maximum Gasteiger partial charge on any atom is 0.0251 e. The highest BCUT2D eigenvalue weighted by Crippen LogP contribution is 2.19. The molecule has 0 aliphatic carbocycles. The molecule has 96 valence electrons. The van der Waals surface area contributed by atoms with Gasteiger partial charge in [-0.2, -0.15) is 0 Å². The Morgan fingerprint density at radius 2 is 1.76 bits per heavy atom. The second-order valence-electron chi connectivity index (χ2n) is 5.09. The maximum absolute atomic E-state index is 5.64. The highest BCUT2D eigenvalue weighted by molar-refractivity contribution is 5.37. The summed E-state index contributed by atoms with van der Waals surface area (Å²) >= 11 is 0. The van der Waals surface area contributed by atoms with Gasteiger partial charge in [-0.25, -0.2) is 0 Å². The Morgan fingerprint density at radius 1 is 1.18 bits per heavy atom. The molecule has 1 rings (SSSR count). The van der Waals surface area contributed by atoms with E-state index in [2.05, 4.69) is 45.3 Å². The van der Waals surface area contributed by atoms with E-state index in [0.717, 1.165) is 12.8 Å². The number of hydrogen-bond acceptors (Lipinski definition) is 2. The molecule has 1 unspecified atom stereocenters. The third kappa shape index (κ3) is 4.14. The van der Waals surface area contributed by atoms with Crippen LogP contribution in [0.15, 0.2) is 12.1 Å². The summed E-state index contributed by atoms with van der Waals surface area (Å²) in [6.07, 6.45) is 4.65. The first-order valence-electron chi connectivity index (χ1n) is 6.61. The average Bonchev–Trinajstić information content (AvgIpc) is 2.27. The van der Waals surface area contributed by atoms with Crippen LogP contribution in [0.1, 0.15) is 48.4 Å². The molecule has 0 aromatic heterocycles. The Kier molecular flexibility index (Phi) is 5.66. The van der Waals surface area contributed by atoms with Gasteiger partial charge in [-0.15, -0.1) is 0 Å². The van der Waals surface area contributed by atoms with E-state index in [1.165, 1.54) is 35.1 Å². The number of benzene rings is 1. The molecule has 0 aliphatic heterocycles. The van der Waals surface area contributed by atoms with Gasteiger partial charge in [0.2, 0.25) is 0 Å². The number of nitrogens with two attached hydrogens (primary N) is 1. The summed E-state index contributed by atoms with van der Waals surface area (Å²) in [5.74, 6) is 5.64. The molecule has 0 heterocycles. The fourth-order valence-electron chi connectivity index (χ4n) is 2.47. The van der Waals surface area contributed by atoms with Gasteiger partial charge < -0.3 is 0 Å². The predicted octanol–water partition coefficient (Wildman–Crippen LogP) is 3.18. The minimum absolute atomic E-state index is 0.398. The van der Waals surface area contributed by atoms with E-state index in [4.69, 9.17) is 5.84 Å². The van der Waals surface area contributed by atoms with Crippen molar-refractivity contribution in [1.82, 2.24) is 5.43 Å². The molecule has 0 aliphatic rings. The van der Waals surface area contributed by atoms with Crippen LogP contribution >= 0.6 is 0 Å². The molecular formula is C15H26N2. The van der Waals surface area contributed by atoms with E-state index >= 15 is 0 Å². The largest absolute Gasteiger partial charge is 0.271 e. The first kappa shape index (κ1) is 14.2. The van der Waals surface area contributed by atoms with Crippen LogP contribution in [0.5, 0.6) is 0 Å². The zero-order chi connectivity index (χ0) is 12.8. The summed E-state index contributed by atoms with van der Waals surface area (Å²) in [5.41, 5.74) is 8.53. The normalized spacial score (nSPS) is 12.8. The molecule has 3 N–H and O–H groups in total. The molecule has 1 aromatic rings. The Morgan fingerprint density at radius 3 is 2.24 bits per heavy atom. The topological polar surface area (TPSA) is 38.0 Å². The molecular weight excluding hydrogens is 208 g/mol. The molecule has 0 radical (unpaired) electrons. The zero-order valence-corrected chi connectivity index (χ0v) is 11.6. The van der Waals surface area contributed by atoms with Gasteiger partial charge in [0.25, 0.3) is 0 Å². The van der Waals surface area contributed by atoms with Gasteiger partial charge in [0.05, 0.1) is 0 Å². The number of aryl methyl sites for hydroxylation is 3. The van der Waals surface area contributed by atoms with E-state index in [1.807, 2.05) is 0 Å². The van der Waals surface area contributed by atoms with Crippen LogP contribution in [-0.2, 0) is 6.42 Å². The van der Waals surface area contributed by atoms with Crippen LogP contribution in [0.2, 0.25) is 0 Å². The van der Waals surface area contributed by atoms with Crippen LogP contribution in [-0.4, -0.2) is 6.04 Å². The van der Waals surface area contributed by atoms with Gasteiger partial charge in [-0.1, -0.05) is 37.5 Å². The smallest absolute Gasteiger partial charge is 0.0251 e. The van der Waals surface area contributed by atoms with Crippen LogP contribution in [0.25, 0.3) is 0 Å². The van der Waals surface area contributed by atoms with Crippen molar-refractivity contribution >= 4 is 0 Å². The lowest BCUT2D eigenvalue weighted by Crippen LogP contribution is -2.37. The lowest BCUT2D eigenvalue weighted by Gasteiger charge is -2.19. The summed E-state index contributed by atoms with van der Waals surface area (Å²) in [4.78, 5) is 0. The molecule has 17 heavy (non-hydrogen) atoms. The standard InChI is InChI=1S/C15H26N2/c1-5-6-7-14(17-16)10-15-12(3)8-11(2)9-13(15)4/h8-9,14,17H,5-7,10,16H2,1-4H3. The van der Waals surface area contributed by atoms with Crippen molar-refractivity contribution in [2.24, 2.45) is 5.84 Å². The van der Waals surface area contributed by atoms with Crippen LogP contribution < -0.4 is 11.3 Å². The minimum Gasteiger partial charge on any atom is -0.271 e. The first-order valence-corrected chi connectivity index (χ1v) is 6.61. The Bertz CT molecular complexity index is 335. The molecule has 0 spiro atoms. The fraction of sp³-hybridized carbons (Fsp3) is 0.600. The van der Waals surface area contributed by atoms with Gasteiger partial charge >= 0.3 is 0 Å². The third-order valence-electron chi connectivity index (χ3n) is 3.43. The second-order valence-corrected chi connectivity index (χ2v) is 5.09. The van der Waals surface area contributed by atoms with Crippen LogP contribution in [0, 0.1) is 20.8 Å². The molecule has 1 atom stereocenters. The lowest BCUT2D eigenvalue weighted by atomic mass is 9.93. The van der Waals surface area contributed by atoms with Crippen molar-refractivity contribution in [2.45, 2.75) is 59.4 Å². The van der Waals surface area contributed by atoms with Gasteiger partial charge in [0.1, 0.15) is 0 Å². The maximum atomic E-state index is 5.64. The van der Waals surface area contributed by atoms with Gasteiger partial charge in [-0.05, 0) is 50.3 Å². The highest BCUT2D eigenvalue weighted by atomic mass is 15.2. The Hall–Kier alpha value is -0.860. The molecule has 2 heteroatoms. The Labute approximate surface area is 106 Å². The average molecular weight is 234 g/mol. The van der Waals surface area contributed by atoms with Gasteiger partial charge in [0, 0.05) is 6.04 Å². The quantitative estimate of drug-likeness (QED) is 0.586.